The van der Waals surface area contributed by atoms with Crippen molar-refractivity contribution in [3.8, 4) is 0 Å². The highest BCUT2D eigenvalue weighted by Crippen LogP contribution is 2.13. The first-order chi connectivity index (χ1) is 13.6. The van der Waals surface area contributed by atoms with Gasteiger partial charge in [-0.1, -0.05) is 30.3 Å². The van der Waals surface area contributed by atoms with Gasteiger partial charge >= 0.3 is 5.97 Å². The molecule has 0 fully saturated rings. The van der Waals surface area contributed by atoms with Crippen molar-refractivity contribution in [1.29, 1.82) is 0 Å². The molecule has 1 heterocycles. The highest BCUT2D eigenvalue weighted by molar-refractivity contribution is 5.97. The number of ether oxygens (including phenoxy) is 1. The van der Waals surface area contributed by atoms with Crippen LogP contribution in [0.1, 0.15) is 20.3 Å². The minimum absolute atomic E-state index is 0.0464. The number of rotatable bonds is 7. The Balaban J connectivity index is 1.96. The average molecular weight is 379 g/mol. The third kappa shape index (κ3) is 4.53. The van der Waals surface area contributed by atoms with Crippen LogP contribution >= 0.6 is 0 Å². The highest BCUT2D eigenvalue weighted by Gasteiger charge is 2.11. The maximum Gasteiger partial charge on any atom is 0.311 e. The second kappa shape index (κ2) is 8.81. The van der Waals surface area contributed by atoms with Gasteiger partial charge in [0.25, 0.3) is 5.56 Å². The maximum absolute atomic E-state index is 13.0. The molecule has 0 aliphatic carbocycles. The van der Waals surface area contributed by atoms with Crippen molar-refractivity contribution >= 4 is 34.2 Å². The molecule has 0 aliphatic heterocycles. The van der Waals surface area contributed by atoms with E-state index in [1.165, 1.54) is 4.68 Å². The Hall–Kier alpha value is -3.68. The number of carbonyl (C=O) groups is 1. The van der Waals surface area contributed by atoms with E-state index in [4.69, 9.17) is 4.74 Å². The lowest BCUT2D eigenvalue weighted by molar-refractivity contribution is -0.141. The fourth-order valence-electron chi connectivity index (χ4n) is 2.56. The van der Waals surface area contributed by atoms with Gasteiger partial charge in [0.15, 0.2) is 0 Å². The van der Waals surface area contributed by atoms with Crippen LogP contribution in [0.25, 0.3) is 10.9 Å². The second-order valence-electron chi connectivity index (χ2n) is 6.01. The minimum atomic E-state index is -0.364. The lowest BCUT2D eigenvalue weighted by Gasteiger charge is -2.15. The molecule has 0 amide bonds. The number of aromatic nitrogens is 2. The van der Waals surface area contributed by atoms with Crippen LogP contribution in [-0.4, -0.2) is 27.9 Å². The summed E-state index contributed by atoms with van der Waals surface area (Å²) in [6.07, 6.45) is 0.0464. The molecular formula is C20H21N5O3. The van der Waals surface area contributed by atoms with Gasteiger partial charge in [-0.05, 0) is 38.1 Å². The zero-order valence-corrected chi connectivity index (χ0v) is 15.7. The zero-order chi connectivity index (χ0) is 19.9. The van der Waals surface area contributed by atoms with Crippen molar-refractivity contribution in [3.05, 3.63) is 65.0 Å². The van der Waals surface area contributed by atoms with Crippen LogP contribution < -0.4 is 16.4 Å². The molecule has 8 nitrogen and oxygen atoms in total. The van der Waals surface area contributed by atoms with Gasteiger partial charge in [0.05, 0.1) is 29.6 Å². The van der Waals surface area contributed by atoms with E-state index in [-0.39, 0.29) is 23.9 Å². The number of hydrogen-bond donors (Lipinski definition) is 2. The molecule has 0 spiro atoms. The van der Waals surface area contributed by atoms with Gasteiger partial charge in [-0.3, -0.25) is 15.0 Å². The number of para-hydroxylation sites is 2. The average Bonchev–Trinajstić information content (AvgIpc) is 2.70. The summed E-state index contributed by atoms with van der Waals surface area (Å²) >= 11 is 0. The lowest BCUT2D eigenvalue weighted by atomic mass is 10.2. The summed E-state index contributed by atoms with van der Waals surface area (Å²) in [7, 11) is 0. The van der Waals surface area contributed by atoms with Crippen LogP contribution in [0.2, 0.25) is 0 Å². The molecule has 0 radical (unpaired) electrons. The number of carbonyl (C=O) groups excluding carboxylic acids is 1. The molecule has 3 rings (SSSR count). The monoisotopic (exact) mass is 379 g/mol. The van der Waals surface area contributed by atoms with E-state index in [1.807, 2.05) is 36.4 Å². The summed E-state index contributed by atoms with van der Waals surface area (Å²) in [5.74, 6) is -0.160. The predicted octanol–water partition coefficient (Wildman–Crippen LogP) is 3.01. The first-order valence-corrected chi connectivity index (χ1v) is 8.87. The van der Waals surface area contributed by atoms with Gasteiger partial charge in [-0.2, -0.15) is 9.78 Å². The number of benzene rings is 2. The Morgan fingerprint density at radius 3 is 2.61 bits per heavy atom. The van der Waals surface area contributed by atoms with Gasteiger partial charge in [0.1, 0.15) is 0 Å². The standard InChI is InChI=1S/C20H21N5O3/c1-3-28-18(26)13-14(2)22-23-20-21-17-12-8-7-11-16(17)19(27)25(20)24-15-9-5-4-6-10-15/h4-12,24H,3,13H2,1-2H3,(H,21,23)/b22-14+. The Morgan fingerprint density at radius 1 is 1.14 bits per heavy atom. The maximum atomic E-state index is 13.0. The smallest absolute Gasteiger partial charge is 0.311 e. The van der Waals surface area contributed by atoms with Gasteiger partial charge in [0, 0.05) is 5.71 Å². The summed E-state index contributed by atoms with van der Waals surface area (Å²) in [5, 5.41) is 4.65. The van der Waals surface area contributed by atoms with Crippen molar-refractivity contribution in [1.82, 2.24) is 9.66 Å². The third-order valence-corrected chi connectivity index (χ3v) is 3.84. The Bertz CT molecular complexity index is 1060. The van der Waals surface area contributed by atoms with Crippen molar-refractivity contribution in [2.45, 2.75) is 20.3 Å². The Morgan fingerprint density at radius 2 is 1.86 bits per heavy atom. The van der Waals surface area contributed by atoms with Crippen LogP contribution in [0, 0.1) is 0 Å². The first-order valence-electron chi connectivity index (χ1n) is 8.87. The Kier molecular flexibility index (Phi) is 6.01. The summed E-state index contributed by atoms with van der Waals surface area (Å²) in [5.41, 5.74) is 7.32. The minimum Gasteiger partial charge on any atom is -0.466 e. The summed E-state index contributed by atoms with van der Waals surface area (Å²) in [4.78, 5) is 29.0. The topological polar surface area (TPSA) is 97.6 Å². The van der Waals surface area contributed by atoms with E-state index in [9.17, 15) is 9.59 Å². The van der Waals surface area contributed by atoms with E-state index in [0.717, 1.165) is 5.69 Å². The number of hydrazone groups is 1. The van der Waals surface area contributed by atoms with E-state index in [1.54, 1.807) is 32.0 Å². The van der Waals surface area contributed by atoms with Crippen molar-refractivity contribution in [2.75, 3.05) is 17.5 Å². The van der Waals surface area contributed by atoms with E-state index >= 15 is 0 Å². The summed E-state index contributed by atoms with van der Waals surface area (Å²) in [6, 6.07) is 16.3. The predicted molar refractivity (Wildman–Crippen MR) is 109 cm³/mol. The number of fused-ring (bicyclic) bond motifs is 1. The number of hydrogen-bond acceptors (Lipinski definition) is 7. The van der Waals surface area contributed by atoms with Crippen LogP contribution in [0.4, 0.5) is 11.6 Å². The number of nitrogens with one attached hydrogen (secondary N) is 2. The van der Waals surface area contributed by atoms with Crippen LogP contribution in [0.3, 0.4) is 0 Å². The third-order valence-electron chi connectivity index (χ3n) is 3.84. The Labute approximate surface area is 161 Å². The molecule has 0 atom stereocenters. The van der Waals surface area contributed by atoms with E-state index in [2.05, 4.69) is 20.9 Å². The quantitative estimate of drug-likeness (QED) is 0.372. The summed E-state index contributed by atoms with van der Waals surface area (Å²) in [6.45, 7) is 3.75. The van der Waals surface area contributed by atoms with Gasteiger partial charge in [-0.15, -0.1) is 0 Å². The number of anilines is 2. The van der Waals surface area contributed by atoms with Crippen LogP contribution in [0.15, 0.2) is 64.5 Å². The molecule has 2 aromatic carbocycles. The molecule has 3 aromatic rings. The van der Waals surface area contributed by atoms with Gasteiger partial charge in [-0.25, -0.2) is 10.4 Å². The molecule has 8 heteroatoms. The molecule has 1 aromatic heterocycles. The number of nitrogens with zero attached hydrogens (tertiary/aromatic N) is 3. The molecule has 0 unspecified atom stereocenters. The lowest BCUT2D eigenvalue weighted by Crippen LogP contribution is -2.29. The zero-order valence-electron chi connectivity index (χ0n) is 15.7. The first kappa shape index (κ1) is 19.1. The van der Waals surface area contributed by atoms with Crippen molar-refractivity contribution in [3.63, 3.8) is 0 Å². The van der Waals surface area contributed by atoms with Gasteiger partial charge in [0.2, 0.25) is 5.95 Å². The van der Waals surface area contributed by atoms with Crippen LogP contribution in [0.5, 0.6) is 0 Å². The molecule has 0 saturated heterocycles. The van der Waals surface area contributed by atoms with Crippen LogP contribution in [-0.2, 0) is 9.53 Å². The fraction of sp³-hybridized carbons (Fsp3) is 0.200. The fourth-order valence-corrected chi connectivity index (χ4v) is 2.56. The SMILES string of the molecule is CCOC(=O)C/C(C)=N/Nc1nc2ccccc2c(=O)n1Nc1ccccc1. The molecule has 144 valence electrons. The molecular weight excluding hydrogens is 358 g/mol. The van der Waals surface area contributed by atoms with Gasteiger partial charge < -0.3 is 4.74 Å². The van der Waals surface area contributed by atoms with E-state index in [0.29, 0.717) is 23.2 Å². The van der Waals surface area contributed by atoms with Crippen molar-refractivity contribution < 1.29 is 9.53 Å². The van der Waals surface area contributed by atoms with E-state index < -0.39 is 0 Å². The molecule has 28 heavy (non-hydrogen) atoms. The number of esters is 1. The molecule has 0 aliphatic rings. The highest BCUT2D eigenvalue weighted by atomic mass is 16.5. The normalized spacial score (nSPS) is 11.3. The second-order valence-corrected chi connectivity index (χ2v) is 6.01. The van der Waals surface area contributed by atoms with Crippen molar-refractivity contribution in [2.24, 2.45) is 5.10 Å². The summed E-state index contributed by atoms with van der Waals surface area (Å²) < 4.78 is 6.20. The largest absolute Gasteiger partial charge is 0.466 e. The molecule has 0 saturated carbocycles. The molecule has 2 N–H and O–H groups in total. The molecule has 0 bridgehead atoms.